The molecular weight excluding hydrogens is 648 g/mol. The van der Waals surface area contributed by atoms with Crippen LogP contribution in [0.1, 0.15) is 22.5 Å². The van der Waals surface area contributed by atoms with Crippen LogP contribution in [0.15, 0.2) is 103 Å². The molecule has 224 valence electrons. The van der Waals surface area contributed by atoms with Gasteiger partial charge < -0.3 is 24.3 Å². The maximum atomic E-state index is 13.6. The van der Waals surface area contributed by atoms with Crippen LogP contribution in [0, 0.1) is 6.92 Å². The van der Waals surface area contributed by atoms with E-state index in [1.807, 2.05) is 31.2 Å². The zero-order valence-electron chi connectivity index (χ0n) is 23.7. The van der Waals surface area contributed by atoms with Crippen LogP contribution in [-0.2, 0) is 16.1 Å². The van der Waals surface area contributed by atoms with Crippen molar-refractivity contribution in [2.24, 2.45) is 10.2 Å². The number of furan rings is 1. The third-order valence-corrected chi connectivity index (χ3v) is 7.78. The quantitative estimate of drug-likeness (QED) is 0.110. The lowest BCUT2D eigenvalue weighted by molar-refractivity contribution is -0.122. The second kappa shape index (κ2) is 14.1. The highest BCUT2D eigenvalue weighted by atomic mass is 79.9. The summed E-state index contributed by atoms with van der Waals surface area (Å²) >= 11 is 4.63. The lowest BCUT2D eigenvalue weighted by Crippen LogP contribution is -2.28. The minimum atomic E-state index is -0.315. The van der Waals surface area contributed by atoms with Gasteiger partial charge in [0.2, 0.25) is 0 Å². The van der Waals surface area contributed by atoms with E-state index in [0.29, 0.717) is 44.1 Å². The fourth-order valence-corrected chi connectivity index (χ4v) is 5.39. The number of nitrogens with zero attached hydrogens (tertiary/aromatic N) is 3. The van der Waals surface area contributed by atoms with Gasteiger partial charge in [0.25, 0.3) is 11.8 Å². The Kier molecular flexibility index (Phi) is 9.82. The number of phenolic OH excluding ortho intramolecular Hbond substituents is 1. The number of nitrogens with one attached hydrogen (secondary N) is 1. The predicted molar refractivity (Wildman–Crippen MR) is 174 cm³/mol. The van der Waals surface area contributed by atoms with Crippen LogP contribution in [-0.4, -0.2) is 46.9 Å². The number of carbonyl (C=O) groups excluding carboxylic acids is 2. The summed E-state index contributed by atoms with van der Waals surface area (Å²) in [4.78, 5) is 28.0. The Hall–Kier alpha value is -4.81. The summed E-state index contributed by atoms with van der Waals surface area (Å²) in [7, 11) is 1.46. The van der Waals surface area contributed by atoms with E-state index in [1.54, 1.807) is 48.5 Å². The molecule has 5 rings (SSSR count). The average Bonchev–Trinajstić information content (AvgIpc) is 3.63. The van der Waals surface area contributed by atoms with Crippen molar-refractivity contribution in [3.63, 3.8) is 0 Å². The molecule has 2 heterocycles. The van der Waals surface area contributed by atoms with E-state index in [9.17, 15) is 14.7 Å². The van der Waals surface area contributed by atoms with Crippen molar-refractivity contribution in [1.29, 1.82) is 0 Å². The topological polar surface area (TPSA) is 126 Å². The Morgan fingerprint density at radius 1 is 1.11 bits per heavy atom. The number of ether oxygens (including phenoxy) is 2. The number of aryl methyl sites for hydroxylation is 1. The molecule has 3 aromatic carbocycles. The van der Waals surface area contributed by atoms with E-state index < -0.39 is 0 Å². The smallest absolute Gasteiger partial charge is 0.267 e. The van der Waals surface area contributed by atoms with E-state index in [0.717, 1.165) is 21.8 Å². The maximum Gasteiger partial charge on any atom is 0.267 e. The third kappa shape index (κ3) is 7.77. The molecule has 1 saturated heterocycles. The van der Waals surface area contributed by atoms with Crippen molar-refractivity contribution >= 4 is 62.7 Å². The lowest BCUT2D eigenvalue weighted by atomic mass is 10.2. The van der Waals surface area contributed by atoms with Crippen molar-refractivity contribution in [3.8, 4) is 17.2 Å². The first kappa shape index (κ1) is 30.6. The van der Waals surface area contributed by atoms with Crippen molar-refractivity contribution in [1.82, 2.24) is 4.90 Å². The second-order valence-electron chi connectivity index (χ2n) is 9.52. The summed E-state index contributed by atoms with van der Waals surface area (Å²) in [6, 6.07) is 21.1. The summed E-state index contributed by atoms with van der Waals surface area (Å²) in [5.41, 5.74) is 3.00. The van der Waals surface area contributed by atoms with Gasteiger partial charge in [-0.2, -0.15) is 5.10 Å². The number of phenols is 1. The first-order valence-corrected chi connectivity index (χ1v) is 14.9. The summed E-state index contributed by atoms with van der Waals surface area (Å²) in [6.45, 7) is 1.90. The van der Waals surface area contributed by atoms with Crippen LogP contribution in [0.2, 0.25) is 0 Å². The monoisotopic (exact) mass is 674 g/mol. The molecule has 12 heteroatoms. The van der Waals surface area contributed by atoms with Crippen LogP contribution in [0.3, 0.4) is 0 Å². The van der Waals surface area contributed by atoms with Gasteiger partial charge >= 0.3 is 0 Å². The zero-order chi connectivity index (χ0) is 31.1. The summed E-state index contributed by atoms with van der Waals surface area (Å²) in [6.07, 6.45) is 4.72. The van der Waals surface area contributed by atoms with Gasteiger partial charge in [0.05, 0.1) is 31.0 Å². The zero-order valence-corrected chi connectivity index (χ0v) is 26.1. The molecule has 0 radical (unpaired) electrons. The Bertz CT molecular complexity index is 1750. The SMILES string of the molecule is COc1cc(/C=N/N=C2\S/C(=C\c3cc(Br)ccc3OCC(=O)Nc3ccc(C)cc3)C(=O)N2Cc2ccco2)ccc1O. The number of aromatic hydroxyl groups is 1. The fourth-order valence-electron chi connectivity index (χ4n) is 4.08. The highest BCUT2D eigenvalue weighted by molar-refractivity contribution is 9.10. The Morgan fingerprint density at radius 3 is 2.68 bits per heavy atom. The number of halogens is 1. The fraction of sp³-hybridized carbons (Fsp3) is 0.125. The molecule has 0 atom stereocenters. The average molecular weight is 676 g/mol. The molecule has 0 aliphatic carbocycles. The number of hydrogen-bond donors (Lipinski definition) is 2. The van der Waals surface area contributed by atoms with Crippen molar-refractivity contribution < 1.29 is 28.6 Å². The molecule has 2 N–H and O–H groups in total. The van der Waals surface area contributed by atoms with Gasteiger partial charge in [0.15, 0.2) is 23.3 Å². The molecule has 1 aliphatic heterocycles. The highest BCUT2D eigenvalue weighted by Crippen LogP contribution is 2.36. The van der Waals surface area contributed by atoms with Crippen molar-refractivity contribution in [3.05, 3.63) is 111 Å². The van der Waals surface area contributed by atoms with E-state index in [2.05, 4.69) is 31.4 Å². The summed E-state index contributed by atoms with van der Waals surface area (Å²) < 4.78 is 17.3. The number of hydrogen-bond acceptors (Lipinski definition) is 9. The normalized spacial score (nSPS) is 15.0. The van der Waals surface area contributed by atoms with Crippen LogP contribution >= 0.6 is 27.7 Å². The number of methoxy groups -OCH3 is 1. The van der Waals surface area contributed by atoms with Gasteiger partial charge in [0, 0.05) is 15.7 Å². The number of amidine groups is 1. The molecule has 1 aliphatic rings. The number of amides is 2. The van der Waals surface area contributed by atoms with Gasteiger partial charge in [0.1, 0.15) is 11.5 Å². The number of carbonyl (C=O) groups is 2. The predicted octanol–water partition coefficient (Wildman–Crippen LogP) is 6.59. The largest absolute Gasteiger partial charge is 0.504 e. The van der Waals surface area contributed by atoms with Crippen molar-refractivity contribution in [2.75, 3.05) is 19.0 Å². The first-order chi connectivity index (χ1) is 21.3. The number of benzene rings is 3. The minimum absolute atomic E-state index is 0.00936. The molecule has 0 spiro atoms. The van der Waals surface area contributed by atoms with E-state index in [-0.39, 0.29) is 30.7 Å². The maximum absolute atomic E-state index is 13.6. The molecule has 0 bridgehead atoms. The Morgan fingerprint density at radius 2 is 1.93 bits per heavy atom. The molecule has 4 aromatic rings. The number of thioether (sulfide) groups is 1. The van der Waals surface area contributed by atoms with Crippen LogP contribution in [0.4, 0.5) is 5.69 Å². The van der Waals surface area contributed by atoms with Crippen LogP contribution in [0.5, 0.6) is 17.2 Å². The lowest BCUT2D eigenvalue weighted by Gasteiger charge is -2.13. The summed E-state index contributed by atoms with van der Waals surface area (Å²) in [5.74, 6) is 0.702. The molecule has 1 fully saturated rings. The molecular formula is C32H27BrN4O6S. The van der Waals surface area contributed by atoms with E-state index in [1.165, 1.54) is 30.6 Å². The molecule has 1 aromatic heterocycles. The third-order valence-electron chi connectivity index (χ3n) is 6.29. The number of anilines is 1. The van der Waals surface area contributed by atoms with Crippen LogP contribution < -0.4 is 14.8 Å². The van der Waals surface area contributed by atoms with Crippen LogP contribution in [0.25, 0.3) is 6.08 Å². The summed E-state index contributed by atoms with van der Waals surface area (Å²) in [5, 5.41) is 21.5. The van der Waals surface area contributed by atoms with Gasteiger partial charge in [-0.1, -0.05) is 33.6 Å². The standard InChI is InChI=1S/C32H27BrN4O6S/c1-20-5-9-24(10-6-20)35-30(39)19-43-27-12-8-23(33)15-22(27)16-29-31(40)37(18-25-4-3-13-42-25)32(44-29)36-34-17-21-7-11-26(38)28(14-21)41-2/h3-17,38H,18-19H2,1-2H3,(H,35,39)/b29-16-,34-17+,36-32-. The molecule has 10 nitrogen and oxygen atoms in total. The first-order valence-electron chi connectivity index (χ1n) is 13.3. The minimum Gasteiger partial charge on any atom is -0.504 e. The number of rotatable bonds is 10. The highest BCUT2D eigenvalue weighted by Gasteiger charge is 2.34. The molecule has 2 amide bonds. The Labute approximate surface area is 266 Å². The van der Waals surface area contributed by atoms with Gasteiger partial charge in [-0.3, -0.25) is 14.5 Å². The van der Waals surface area contributed by atoms with Gasteiger partial charge in [-0.25, -0.2) is 0 Å². The van der Waals surface area contributed by atoms with E-state index in [4.69, 9.17) is 13.9 Å². The van der Waals surface area contributed by atoms with Gasteiger partial charge in [-0.05, 0) is 91.0 Å². The van der Waals surface area contributed by atoms with Gasteiger partial charge in [-0.15, -0.1) is 5.10 Å². The van der Waals surface area contributed by atoms with E-state index >= 15 is 0 Å². The molecule has 44 heavy (non-hydrogen) atoms. The van der Waals surface area contributed by atoms with Crippen molar-refractivity contribution in [2.45, 2.75) is 13.5 Å². The molecule has 0 unspecified atom stereocenters. The second-order valence-corrected chi connectivity index (χ2v) is 11.4. The molecule has 0 saturated carbocycles. The Balaban J connectivity index is 1.37.